The summed E-state index contributed by atoms with van der Waals surface area (Å²) in [5.74, 6) is 0.724. The molecule has 0 amide bonds. The van der Waals surface area contributed by atoms with Crippen LogP contribution in [0, 0.1) is 5.92 Å². The lowest BCUT2D eigenvalue weighted by Crippen LogP contribution is -2.35. The molecule has 1 aliphatic heterocycles. The second kappa shape index (κ2) is 9.42. The van der Waals surface area contributed by atoms with E-state index >= 15 is 0 Å². The minimum Gasteiger partial charge on any atom is -0.356 e. The van der Waals surface area contributed by atoms with Crippen LogP contribution < -0.4 is 9.62 Å². The Balaban J connectivity index is 1.68. The minimum absolute atomic E-state index is 0.0388. The summed E-state index contributed by atoms with van der Waals surface area (Å²) in [6, 6.07) is 12.3. The molecule has 11 heteroatoms. The molecule has 0 spiro atoms. The van der Waals surface area contributed by atoms with Crippen LogP contribution in [0.5, 0.6) is 0 Å². The van der Waals surface area contributed by atoms with Gasteiger partial charge in [-0.3, -0.25) is 4.72 Å². The number of benzene rings is 1. The van der Waals surface area contributed by atoms with Crippen LogP contribution in [0.15, 0.2) is 59.6 Å². The second-order valence-electron chi connectivity index (χ2n) is 8.20. The number of anilines is 2. The number of pyridine rings is 2. The van der Waals surface area contributed by atoms with E-state index in [1.54, 1.807) is 18.2 Å². The van der Waals surface area contributed by atoms with Gasteiger partial charge in [0.1, 0.15) is 11.6 Å². The van der Waals surface area contributed by atoms with Crippen LogP contribution in [-0.2, 0) is 16.2 Å². The van der Waals surface area contributed by atoms with Crippen LogP contribution in [0.2, 0.25) is 5.02 Å². The van der Waals surface area contributed by atoms with E-state index in [4.69, 9.17) is 11.6 Å². The molecule has 0 aliphatic carbocycles. The van der Waals surface area contributed by atoms with Gasteiger partial charge in [0, 0.05) is 23.7 Å². The van der Waals surface area contributed by atoms with Crippen LogP contribution >= 0.6 is 11.6 Å². The van der Waals surface area contributed by atoms with Gasteiger partial charge in [0.2, 0.25) is 0 Å². The van der Waals surface area contributed by atoms with Crippen molar-refractivity contribution in [1.29, 1.82) is 0 Å². The molecule has 6 nitrogen and oxygen atoms in total. The first-order valence-corrected chi connectivity index (χ1v) is 12.5. The topological polar surface area (TPSA) is 75.2 Å². The van der Waals surface area contributed by atoms with Gasteiger partial charge in [0.05, 0.1) is 11.3 Å². The monoisotopic (exact) mass is 510 g/mol. The molecule has 0 radical (unpaired) electrons. The molecule has 3 heterocycles. The van der Waals surface area contributed by atoms with Crippen molar-refractivity contribution in [3.05, 3.63) is 65.2 Å². The lowest BCUT2D eigenvalue weighted by atomic mass is 10.0. The first-order chi connectivity index (χ1) is 16.0. The number of hydrogen-bond acceptors (Lipinski definition) is 5. The molecule has 0 bridgehead atoms. The van der Waals surface area contributed by atoms with Crippen molar-refractivity contribution in [2.75, 3.05) is 22.7 Å². The number of nitrogens with one attached hydrogen (secondary N) is 1. The first kappa shape index (κ1) is 24.3. The van der Waals surface area contributed by atoms with Crippen molar-refractivity contribution < 1.29 is 21.6 Å². The van der Waals surface area contributed by atoms with E-state index in [-0.39, 0.29) is 21.4 Å². The highest BCUT2D eigenvalue weighted by Gasteiger charge is 2.35. The zero-order valence-corrected chi connectivity index (χ0v) is 19.8. The third kappa shape index (κ3) is 5.28. The van der Waals surface area contributed by atoms with E-state index in [2.05, 4.69) is 21.6 Å². The predicted octanol–water partition coefficient (Wildman–Crippen LogP) is 5.85. The largest absolute Gasteiger partial charge is 0.418 e. The summed E-state index contributed by atoms with van der Waals surface area (Å²) in [7, 11) is -4.21. The molecule has 34 heavy (non-hydrogen) atoms. The van der Waals surface area contributed by atoms with E-state index in [1.165, 1.54) is 24.3 Å². The molecule has 1 aliphatic rings. The normalized spacial score (nSPS) is 17.0. The Morgan fingerprint density at radius 3 is 2.53 bits per heavy atom. The second-order valence-corrected chi connectivity index (χ2v) is 10.2. The summed E-state index contributed by atoms with van der Waals surface area (Å²) in [5, 5.41) is -0.185. The SMILES string of the molecule is CC1CCCN(c2cccc(S(=O)(=O)Nc3ccc(C(F)(F)F)c(-c4ccccc4Cl)n3)n2)C1. The zero-order chi connectivity index (χ0) is 24.5. The molecule has 1 fully saturated rings. The fourth-order valence-corrected chi connectivity index (χ4v) is 5.11. The highest BCUT2D eigenvalue weighted by atomic mass is 35.5. The molecular formula is C23H22ClF3N4O2S. The summed E-state index contributed by atoms with van der Waals surface area (Å²) >= 11 is 6.10. The van der Waals surface area contributed by atoms with Crippen LogP contribution in [0.4, 0.5) is 24.8 Å². The van der Waals surface area contributed by atoms with Gasteiger partial charge in [-0.15, -0.1) is 0 Å². The molecule has 1 unspecified atom stereocenters. The van der Waals surface area contributed by atoms with Gasteiger partial charge >= 0.3 is 6.18 Å². The number of halogens is 4. The van der Waals surface area contributed by atoms with Gasteiger partial charge in [-0.25, -0.2) is 9.97 Å². The number of piperidine rings is 1. The standard InChI is InChI=1S/C23H22ClF3N4O2S/c1-15-6-5-13-31(14-15)20-9-4-10-21(29-20)34(32,33)30-19-12-11-17(23(25,26)27)22(28-19)16-7-2-3-8-18(16)24/h2-4,7-12,15H,5-6,13-14H2,1H3,(H,28,30). The van der Waals surface area contributed by atoms with Crippen LogP contribution in [-0.4, -0.2) is 31.5 Å². The van der Waals surface area contributed by atoms with Crippen molar-refractivity contribution in [1.82, 2.24) is 9.97 Å². The molecule has 0 saturated carbocycles. The number of nitrogens with zero attached hydrogens (tertiary/aromatic N) is 3. The quantitative estimate of drug-likeness (QED) is 0.466. The lowest BCUT2D eigenvalue weighted by Gasteiger charge is -2.31. The Morgan fingerprint density at radius 1 is 1.06 bits per heavy atom. The Morgan fingerprint density at radius 2 is 1.82 bits per heavy atom. The number of rotatable bonds is 5. The average Bonchev–Trinajstić information content (AvgIpc) is 2.78. The minimum atomic E-state index is -4.71. The van der Waals surface area contributed by atoms with Gasteiger partial charge in [-0.05, 0) is 49.1 Å². The molecule has 2 aromatic heterocycles. The van der Waals surface area contributed by atoms with Crippen LogP contribution in [0.25, 0.3) is 11.3 Å². The third-order valence-corrected chi connectivity index (χ3v) is 7.12. The number of sulfonamides is 1. The molecule has 180 valence electrons. The lowest BCUT2D eigenvalue weighted by molar-refractivity contribution is -0.137. The highest BCUT2D eigenvalue weighted by Crippen LogP contribution is 2.39. The van der Waals surface area contributed by atoms with Gasteiger partial charge in [-0.2, -0.15) is 21.6 Å². The molecule has 1 atom stereocenters. The van der Waals surface area contributed by atoms with E-state index in [0.717, 1.165) is 38.1 Å². The van der Waals surface area contributed by atoms with Crippen molar-refractivity contribution in [2.45, 2.75) is 31.0 Å². The van der Waals surface area contributed by atoms with Gasteiger partial charge in [0.25, 0.3) is 10.0 Å². The molecule has 1 aromatic carbocycles. The summed E-state index contributed by atoms with van der Waals surface area (Å²) in [6.07, 6.45) is -2.62. The Bertz CT molecular complexity index is 1300. The Labute approximate surface area is 200 Å². The fourth-order valence-electron chi connectivity index (χ4n) is 3.92. The molecule has 3 aromatic rings. The maximum atomic E-state index is 13.6. The van der Waals surface area contributed by atoms with Crippen molar-refractivity contribution in [2.24, 2.45) is 5.92 Å². The van der Waals surface area contributed by atoms with Crippen LogP contribution in [0.1, 0.15) is 25.3 Å². The predicted molar refractivity (Wildman–Crippen MR) is 125 cm³/mol. The summed E-state index contributed by atoms with van der Waals surface area (Å²) in [4.78, 5) is 10.3. The molecular weight excluding hydrogens is 489 g/mol. The maximum absolute atomic E-state index is 13.6. The zero-order valence-electron chi connectivity index (χ0n) is 18.2. The maximum Gasteiger partial charge on any atom is 0.418 e. The first-order valence-electron chi connectivity index (χ1n) is 10.6. The van der Waals surface area contributed by atoms with Gasteiger partial charge in [0.15, 0.2) is 5.03 Å². The molecule has 4 rings (SSSR count). The third-order valence-electron chi connectivity index (χ3n) is 5.53. The van der Waals surface area contributed by atoms with E-state index < -0.39 is 27.5 Å². The fraction of sp³-hybridized carbons (Fsp3) is 0.304. The smallest absolute Gasteiger partial charge is 0.356 e. The van der Waals surface area contributed by atoms with Crippen molar-refractivity contribution in [3.8, 4) is 11.3 Å². The number of hydrogen-bond donors (Lipinski definition) is 1. The van der Waals surface area contributed by atoms with E-state index in [0.29, 0.717) is 11.7 Å². The number of alkyl halides is 3. The van der Waals surface area contributed by atoms with Crippen molar-refractivity contribution in [3.63, 3.8) is 0 Å². The Hall–Kier alpha value is -2.85. The summed E-state index contributed by atoms with van der Waals surface area (Å²) in [6.45, 7) is 3.67. The van der Waals surface area contributed by atoms with E-state index in [1.807, 2.05) is 4.90 Å². The van der Waals surface area contributed by atoms with Gasteiger partial charge < -0.3 is 4.90 Å². The highest BCUT2D eigenvalue weighted by molar-refractivity contribution is 7.92. The summed E-state index contributed by atoms with van der Waals surface area (Å²) in [5.41, 5.74) is -1.46. The van der Waals surface area contributed by atoms with Gasteiger partial charge in [-0.1, -0.05) is 42.8 Å². The average molecular weight is 511 g/mol. The van der Waals surface area contributed by atoms with E-state index in [9.17, 15) is 21.6 Å². The Kier molecular flexibility index (Phi) is 6.73. The summed E-state index contributed by atoms with van der Waals surface area (Å²) < 4.78 is 69.1. The molecule has 1 N–H and O–H groups in total. The molecule has 1 saturated heterocycles. The van der Waals surface area contributed by atoms with Crippen LogP contribution in [0.3, 0.4) is 0 Å². The van der Waals surface area contributed by atoms with Crippen molar-refractivity contribution >= 4 is 33.3 Å². The number of aromatic nitrogens is 2.